The van der Waals surface area contributed by atoms with Crippen molar-refractivity contribution in [2.75, 3.05) is 26.4 Å². The van der Waals surface area contributed by atoms with E-state index in [4.69, 9.17) is 28.8 Å². The molecule has 8 amide bonds. The minimum absolute atomic E-state index is 0.00200. The number of amides is 8. The summed E-state index contributed by atoms with van der Waals surface area (Å²) in [7, 11) is 0. The summed E-state index contributed by atoms with van der Waals surface area (Å²) in [5, 5.41) is 9.03. The number of hydrazine groups is 4. The summed E-state index contributed by atoms with van der Waals surface area (Å²) in [6, 6.07) is 5.10. The molecule has 0 fully saturated rings. The highest BCUT2D eigenvalue weighted by atomic mass is 16.6. The van der Waals surface area contributed by atoms with Crippen molar-refractivity contribution in [2.24, 2.45) is 0 Å². The molecule has 0 bridgehead atoms. The molecule has 0 spiro atoms. The Bertz CT molecular complexity index is 2320. The Hall–Kier alpha value is -7.33. The SMILES string of the molecule is CCCCCCCCOc1cc(OCCCCCCCC)c(C(=O)NNC(=O)CC(=O)NNC(=O)c2cc(C(=O)NNC(=O)OC(C)(C)C)c(OCCCCCCCC)cc2OCCCCCCCC)cc1C(=O)NNC(=O)CC(=O)O. The fraction of sp³-hybridized carbons (Fsp3) is 0.644. The van der Waals surface area contributed by atoms with E-state index < -0.39 is 71.9 Å². The fourth-order valence-electron chi connectivity index (χ4n) is 8.04. The first kappa shape index (κ1) is 70.8. The zero-order valence-corrected chi connectivity index (χ0v) is 49.7. The quantitative estimate of drug-likeness (QED) is 0.0170. The highest BCUT2D eigenvalue weighted by Crippen LogP contribution is 2.32. The van der Waals surface area contributed by atoms with E-state index in [1.807, 2.05) is 5.43 Å². The van der Waals surface area contributed by atoms with E-state index in [-0.39, 0.29) is 71.7 Å². The number of nitrogens with one attached hydrogen (secondary N) is 8. The van der Waals surface area contributed by atoms with Crippen LogP contribution < -0.4 is 62.4 Å². The molecular weight excluding hydrogens is 1060 g/mol. The number of carbonyl (C=O) groups excluding carboxylic acids is 8. The first-order chi connectivity index (χ1) is 39.3. The Labute approximate surface area is 484 Å². The molecule has 9 N–H and O–H groups in total. The van der Waals surface area contributed by atoms with Crippen molar-refractivity contribution in [1.29, 1.82) is 0 Å². The molecule has 0 heterocycles. The number of carbonyl (C=O) groups is 9. The first-order valence-corrected chi connectivity index (χ1v) is 29.5. The van der Waals surface area contributed by atoms with Crippen molar-refractivity contribution < 1.29 is 71.9 Å². The highest BCUT2D eigenvalue weighted by molar-refractivity contribution is 6.06. The van der Waals surface area contributed by atoms with Gasteiger partial charge in [0.1, 0.15) is 41.4 Å². The lowest BCUT2D eigenvalue weighted by Crippen LogP contribution is -2.47. The van der Waals surface area contributed by atoms with Gasteiger partial charge < -0.3 is 28.8 Å². The lowest BCUT2D eigenvalue weighted by molar-refractivity contribution is -0.141. The van der Waals surface area contributed by atoms with E-state index >= 15 is 0 Å². The summed E-state index contributed by atoms with van der Waals surface area (Å²) in [5.41, 5.74) is 15.8. The summed E-state index contributed by atoms with van der Waals surface area (Å²) < 4.78 is 29.6. The summed E-state index contributed by atoms with van der Waals surface area (Å²) in [5.74, 6) is -8.10. The lowest BCUT2D eigenvalue weighted by Gasteiger charge is -2.20. The van der Waals surface area contributed by atoms with Crippen LogP contribution in [-0.4, -0.2) is 90.5 Å². The first-order valence-electron chi connectivity index (χ1n) is 29.5. The molecule has 2 aromatic rings. The van der Waals surface area contributed by atoms with Gasteiger partial charge in [0.15, 0.2) is 0 Å². The van der Waals surface area contributed by atoms with Gasteiger partial charge in [-0.1, -0.05) is 156 Å². The third-order valence-corrected chi connectivity index (χ3v) is 12.4. The molecule has 0 unspecified atom stereocenters. The van der Waals surface area contributed by atoms with E-state index in [2.05, 4.69) is 65.7 Å². The van der Waals surface area contributed by atoms with Crippen LogP contribution in [-0.2, 0) is 23.9 Å². The van der Waals surface area contributed by atoms with Crippen molar-refractivity contribution in [3.05, 3.63) is 46.5 Å². The molecule has 23 heteroatoms. The molecule has 0 saturated heterocycles. The predicted molar refractivity (Wildman–Crippen MR) is 309 cm³/mol. The van der Waals surface area contributed by atoms with Gasteiger partial charge in [0.05, 0.1) is 48.7 Å². The third kappa shape index (κ3) is 31.0. The molecule has 460 valence electrons. The second kappa shape index (κ2) is 41.6. The zero-order valence-electron chi connectivity index (χ0n) is 49.7. The number of unbranched alkanes of at least 4 members (excludes halogenated alkanes) is 20. The smallest absolute Gasteiger partial charge is 0.426 e. The largest absolute Gasteiger partial charge is 0.493 e. The maximum atomic E-state index is 13.9. The van der Waals surface area contributed by atoms with E-state index in [1.54, 1.807) is 20.8 Å². The Balaban J connectivity index is 2.39. The second-order valence-corrected chi connectivity index (χ2v) is 21.0. The molecule has 0 aliphatic heterocycles. The Morgan fingerprint density at radius 3 is 0.878 bits per heavy atom. The van der Waals surface area contributed by atoms with E-state index in [0.29, 0.717) is 25.7 Å². The van der Waals surface area contributed by atoms with Crippen LogP contribution in [0.15, 0.2) is 24.3 Å². The van der Waals surface area contributed by atoms with Gasteiger partial charge in [0, 0.05) is 12.1 Å². The van der Waals surface area contributed by atoms with Crippen molar-refractivity contribution in [1.82, 2.24) is 43.4 Å². The van der Waals surface area contributed by atoms with Gasteiger partial charge in [-0.05, 0) is 58.6 Å². The van der Waals surface area contributed by atoms with Crippen LogP contribution in [0.3, 0.4) is 0 Å². The average molecular weight is 1160 g/mol. The summed E-state index contributed by atoms with van der Waals surface area (Å²) in [4.78, 5) is 117. The van der Waals surface area contributed by atoms with Crippen LogP contribution in [0.2, 0.25) is 0 Å². The van der Waals surface area contributed by atoms with Gasteiger partial charge in [-0.2, -0.15) is 0 Å². The van der Waals surface area contributed by atoms with Crippen LogP contribution in [0.4, 0.5) is 4.79 Å². The molecule has 2 rings (SSSR count). The molecule has 0 saturated carbocycles. The predicted octanol–water partition coefficient (Wildman–Crippen LogP) is 9.66. The number of aliphatic carboxylic acids is 1. The number of hydrogen-bond acceptors (Lipinski definition) is 14. The number of carboxylic acids is 1. The van der Waals surface area contributed by atoms with Gasteiger partial charge >= 0.3 is 12.1 Å². The van der Waals surface area contributed by atoms with Gasteiger partial charge in [0.2, 0.25) is 17.7 Å². The molecule has 0 aliphatic rings. The van der Waals surface area contributed by atoms with E-state index in [1.165, 1.54) is 18.2 Å². The molecule has 2 aromatic carbocycles. The number of hydrogen-bond donors (Lipinski definition) is 9. The highest BCUT2D eigenvalue weighted by Gasteiger charge is 2.26. The van der Waals surface area contributed by atoms with Gasteiger partial charge in [-0.25, -0.2) is 10.2 Å². The standard InChI is InChI=1S/C59H94N8O15/c1-8-12-16-20-24-28-32-78-46-38-47(79-33-29-25-21-17-13-9-2)43(56(75)65-62-52(70)41-53(71)72)36-42(46)54(73)63-60-50(68)40-51(69)61-64-55(74)44-37-45(57(76)66-67-58(77)82-59(5,6)7)49(81-35-31-27-23-19-15-11-4)39-48(44)80-34-30-26-22-18-14-10-3/h36-39H,8-35,40-41H2,1-7H3,(H,60,68)(H,61,69)(H,62,70)(H,63,73)(H,64,74)(H,65,75)(H,66,76)(H,67,77)(H,71,72). The lowest BCUT2D eigenvalue weighted by atomic mass is 10.1. The van der Waals surface area contributed by atoms with Crippen molar-refractivity contribution in [2.45, 2.75) is 221 Å². The number of ether oxygens (including phenoxy) is 5. The minimum atomic E-state index is -1.43. The molecule has 0 radical (unpaired) electrons. The Morgan fingerprint density at radius 2 is 0.610 bits per heavy atom. The molecule has 0 aromatic heterocycles. The summed E-state index contributed by atoms with van der Waals surface area (Å²) in [6.07, 6.45) is 20.2. The molecule has 23 nitrogen and oxygen atoms in total. The normalized spacial score (nSPS) is 10.9. The van der Waals surface area contributed by atoms with Gasteiger partial charge in [-0.3, -0.25) is 76.3 Å². The van der Waals surface area contributed by atoms with Gasteiger partial charge in [0.25, 0.3) is 23.6 Å². The van der Waals surface area contributed by atoms with Crippen LogP contribution in [0.25, 0.3) is 0 Å². The number of benzene rings is 2. The average Bonchev–Trinajstić information content (AvgIpc) is 3.53. The van der Waals surface area contributed by atoms with Crippen molar-refractivity contribution in [3.63, 3.8) is 0 Å². The van der Waals surface area contributed by atoms with E-state index in [9.17, 15) is 43.2 Å². The molecular formula is C59H94N8O15. The fourth-order valence-corrected chi connectivity index (χ4v) is 8.04. The third-order valence-electron chi connectivity index (χ3n) is 12.4. The van der Waals surface area contributed by atoms with Crippen LogP contribution in [0, 0.1) is 0 Å². The minimum Gasteiger partial charge on any atom is -0.493 e. The number of carboxylic acid groups (broad SMARTS) is 1. The molecule has 0 aliphatic carbocycles. The van der Waals surface area contributed by atoms with E-state index in [0.717, 1.165) is 134 Å². The van der Waals surface area contributed by atoms with Crippen molar-refractivity contribution in [3.8, 4) is 23.0 Å². The molecule has 0 atom stereocenters. The molecule has 82 heavy (non-hydrogen) atoms. The summed E-state index contributed by atoms with van der Waals surface area (Å²) >= 11 is 0. The van der Waals surface area contributed by atoms with Gasteiger partial charge in [-0.15, -0.1) is 0 Å². The topological polar surface area (TPSA) is 316 Å². The second-order valence-electron chi connectivity index (χ2n) is 21.0. The number of rotatable bonds is 40. The van der Waals surface area contributed by atoms with Crippen LogP contribution >= 0.6 is 0 Å². The van der Waals surface area contributed by atoms with Crippen LogP contribution in [0.1, 0.15) is 257 Å². The Morgan fingerprint density at radius 1 is 0.354 bits per heavy atom. The Kier molecular flexibility index (Phi) is 35.9. The maximum absolute atomic E-state index is 13.9. The van der Waals surface area contributed by atoms with Crippen molar-refractivity contribution >= 4 is 53.4 Å². The van der Waals surface area contributed by atoms with Crippen LogP contribution in [0.5, 0.6) is 23.0 Å². The maximum Gasteiger partial charge on any atom is 0.426 e. The zero-order chi connectivity index (χ0) is 60.5. The summed E-state index contributed by atoms with van der Waals surface area (Å²) in [6.45, 7) is 14.3. The monoisotopic (exact) mass is 1150 g/mol.